The van der Waals surface area contributed by atoms with E-state index in [0.29, 0.717) is 11.3 Å². The fraction of sp³-hybridized carbons (Fsp3) is 0.667. The summed E-state index contributed by atoms with van der Waals surface area (Å²) in [6.45, 7) is 12.7. The molecule has 12 heteroatoms. The number of rotatable bonds is 13. The molecule has 4 unspecified atom stereocenters. The Bertz CT molecular complexity index is 1230. The number of aryl methyl sites for hydroxylation is 1. The number of hydrogen-bond donors (Lipinski definition) is 2. The summed E-state index contributed by atoms with van der Waals surface area (Å²) >= 11 is 0. The van der Waals surface area contributed by atoms with Gasteiger partial charge in [0.05, 0.1) is 12.7 Å². The molecule has 4 atom stereocenters. The highest BCUT2D eigenvalue weighted by molar-refractivity contribution is 7.74. The van der Waals surface area contributed by atoms with E-state index in [0.717, 1.165) is 49.7 Å². The summed E-state index contributed by atoms with van der Waals surface area (Å²) in [6, 6.07) is 2.72. The van der Waals surface area contributed by atoms with Gasteiger partial charge >= 0.3 is 19.2 Å². The molecular formula is C30H48B2NO8P. The molecule has 0 aromatic heterocycles. The number of fused-ring (bicyclic) bond motifs is 3. The summed E-state index contributed by atoms with van der Waals surface area (Å²) in [6.07, 6.45) is 6.96. The number of nitrogens with one attached hydrogen (secondary N) is 1. The van der Waals surface area contributed by atoms with Gasteiger partial charge in [0.15, 0.2) is 0 Å². The Labute approximate surface area is 252 Å². The quantitative estimate of drug-likeness (QED) is 0.110. The molecule has 0 saturated carbocycles. The van der Waals surface area contributed by atoms with Crippen LogP contribution < -0.4 is 14.3 Å². The second kappa shape index (κ2) is 13.6. The molecule has 1 aromatic rings. The second-order valence-electron chi connectivity index (χ2n) is 12.8. The van der Waals surface area contributed by atoms with Crippen LogP contribution >= 0.6 is 7.52 Å². The van der Waals surface area contributed by atoms with E-state index in [1.54, 1.807) is 36.5 Å². The first-order chi connectivity index (χ1) is 19.5. The van der Waals surface area contributed by atoms with Crippen LogP contribution in [0.15, 0.2) is 23.8 Å². The van der Waals surface area contributed by atoms with Gasteiger partial charge in [-0.05, 0) is 84.9 Å². The average molecular weight is 603 g/mol. The summed E-state index contributed by atoms with van der Waals surface area (Å²) in [7, 11) is -0.919. The fourth-order valence-corrected chi connectivity index (χ4v) is 7.39. The smallest absolute Gasteiger partial charge is 0.424 e. The summed E-state index contributed by atoms with van der Waals surface area (Å²) in [4.78, 5) is 25.8. The zero-order valence-electron chi connectivity index (χ0n) is 26.7. The summed E-state index contributed by atoms with van der Waals surface area (Å²) in [5.41, 5.74) is 0.906. The van der Waals surface area contributed by atoms with Crippen LogP contribution in [0.1, 0.15) is 97.6 Å². The monoisotopic (exact) mass is 603 g/mol. The van der Waals surface area contributed by atoms with E-state index in [2.05, 4.69) is 31.9 Å². The molecule has 0 saturated heterocycles. The predicted molar refractivity (Wildman–Crippen MR) is 169 cm³/mol. The molecule has 232 valence electrons. The van der Waals surface area contributed by atoms with Crippen molar-refractivity contribution < 1.29 is 38.0 Å². The number of carbonyl (C=O) groups excluding carboxylic acids is 2. The van der Waals surface area contributed by atoms with Gasteiger partial charge in [0.25, 0.3) is 0 Å². The minimum Gasteiger partial charge on any atom is -0.487 e. The molecule has 9 nitrogen and oxygen atoms in total. The standard InChI is InChI=1S/C30H48B2NO8P/c1-8-10-11-12-20-15-24-26(22-17-21(30(31,32)36)13-14-23(22)29(6,7)40-24)25(16-20)41-42(37,28(35)38-9-2)33-19(5)27(34)39-18(3)4/h15-19,22-23,36H,8-14,31-32H2,1-7H3,(H,33,37). The van der Waals surface area contributed by atoms with Crippen LogP contribution in [-0.2, 0) is 25.3 Å². The van der Waals surface area contributed by atoms with E-state index in [4.69, 9.17) is 18.7 Å². The molecule has 0 bridgehead atoms. The Morgan fingerprint density at radius 3 is 2.50 bits per heavy atom. The van der Waals surface area contributed by atoms with Gasteiger partial charge in [-0.1, -0.05) is 31.4 Å². The van der Waals surface area contributed by atoms with Gasteiger partial charge in [-0.25, -0.2) is 14.4 Å². The number of unbranched alkanes of at least 4 members (excludes halogenated alkanes) is 2. The molecule has 2 N–H and O–H groups in total. The van der Waals surface area contributed by atoms with E-state index >= 15 is 0 Å². The number of carbonyl (C=O) groups is 2. The Balaban J connectivity index is 2.18. The Morgan fingerprint density at radius 1 is 1.21 bits per heavy atom. The number of hydrogen-bond acceptors (Lipinski definition) is 8. The molecule has 0 amide bonds. The zero-order chi connectivity index (χ0) is 31.5. The van der Waals surface area contributed by atoms with Crippen LogP contribution in [0.25, 0.3) is 0 Å². The maximum atomic E-state index is 14.3. The highest BCUT2D eigenvalue weighted by Gasteiger charge is 2.48. The molecule has 42 heavy (non-hydrogen) atoms. The van der Waals surface area contributed by atoms with Crippen molar-refractivity contribution in [2.75, 3.05) is 6.61 Å². The summed E-state index contributed by atoms with van der Waals surface area (Å²) in [5.74, 6) is -0.00672. The van der Waals surface area contributed by atoms with E-state index in [-0.39, 0.29) is 24.2 Å². The van der Waals surface area contributed by atoms with Crippen LogP contribution in [0.5, 0.6) is 11.5 Å². The number of ether oxygens (including phenoxy) is 3. The lowest BCUT2D eigenvalue weighted by molar-refractivity contribution is -0.149. The SMILES string of the molecule is BC(B)(O)C1=CC2c3c(cc(CCCCC)cc3OP(=O)(NC(C)C(=O)OC(C)C)C(=O)OCC)OC(C)(C)C2CC1. The van der Waals surface area contributed by atoms with Crippen LogP contribution in [0.4, 0.5) is 4.79 Å². The lowest BCUT2D eigenvalue weighted by atomic mass is 9.56. The first kappa shape index (κ1) is 34.3. The molecule has 0 spiro atoms. The van der Waals surface area contributed by atoms with E-state index < -0.39 is 42.3 Å². The van der Waals surface area contributed by atoms with Crippen molar-refractivity contribution >= 4 is 34.9 Å². The molecule has 1 aliphatic heterocycles. The first-order valence-electron chi connectivity index (χ1n) is 15.3. The highest BCUT2D eigenvalue weighted by Crippen LogP contribution is 2.57. The van der Waals surface area contributed by atoms with Crippen LogP contribution in [0.3, 0.4) is 0 Å². The van der Waals surface area contributed by atoms with Crippen LogP contribution in [-0.4, -0.2) is 62.2 Å². The Kier molecular flexibility index (Phi) is 11.1. The lowest BCUT2D eigenvalue weighted by Crippen LogP contribution is -2.47. The second-order valence-corrected chi connectivity index (χ2v) is 14.7. The van der Waals surface area contributed by atoms with Gasteiger partial charge in [0.1, 0.15) is 38.8 Å². The van der Waals surface area contributed by atoms with Crippen molar-refractivity contribution in [3.05, 3.63) is 34.9 Å². The maximum Gasteiger partial charge on any atom is 0.424 e. The van der Waals surface area contributed by atoms with E-state index in [1.807, 2.05) is 12.1 Å². The van der Waals surface area contributed by atoms with Crippen molar-refractivity contribution in [3.8, 4) is 11.5 Å². The van der Waals surface area contributed by atoms with Crippen molar-refractivity contribution in [2.24, 2.45) is 5.92 Å². The number of esters is 1. The lowest BCUT2D eigenvalue weighted by Gasteiger charge is -2.48. The van der Waals surface area contributed by atoms with Crippen molar-refractivity contribution in [2.45, 2.75) is 116 Å². The van der Waals surface area contributed by atoms with Gasteiger partial charge in [0, 0.05) is 22.8 Å². The Morgan fingerprint density at radius 2 is 1.90 bits per heavy atom. The average Bonchev–Trinajstić information content (AvgIpc) is 2.87. The molecule has 1 aromatic carbocycles. The van der Waals surface area contributed by atoms with E-state index in [9.17, 15) is 19.3 Å². The third-order valence-electron chi connectivity index (χ3n) is 7.96. The third-order valence-corrected chi connectivity index (χ3v) is 9.75. The van der Waals surface area contributed by atoms with E-state index in [1.165, 1.54) is 6.92 Å². The van der Waals surface area contributed by atoms with Gasteiger partial charge in [-0.3, -0.25) is 4.79 Å². The minimum absolute atomic E-state index is 0.0203. The van der Waals surface area contributed by atoms with Crippen LogP contribution in [0, 0.1) is 5.92 Å². The zero-order valence-corrected chi connectivity index (χ0v) is 27.6. The van der Waals surface area contributed by atoms with Gasteiger partial charge in [-0.15, -0.1) is 0 Å². The van der Waals surface area contributed by atoms with Gasteiger partial charge in [0.2, 0.25) is 0 Å². The van der Waals surface area contributed by atoms with Crippen molar-refractivity contribution in [1.82, 2.24) is 5.09 Å². The summed E-state index contributed by atoms with van der Waals surface area (Å²) in [5, 5.41) is 12.5. The molecule has 2 aliphatic rings. The van der Waals surface area contributed by atoms with Gasteiger partial charge in [-0.2, -0.15) is 0 Å². The molecule has 0 radical (unpaired) electrons. The van der Waals surface area contributed by atoms with Crippen molar-refractivity contribution in [1.29, 1.82) is 0 Å². The largest absolute Gasteiger partial charge is 0.487 e. The van der Waals surface area contributed by atoms with Gasteiger partial charge < -0.3 is 23.8 Å². The molecule has 1 aliphatic carbocycles. The molecule has 3 rings (SSSR count). The highest BCUT2D eigenvalue weighted by atomic mass is 31.2. The number of aliphatic hydroxyl groups is 1. The minimum atomic E-state index is -4.46. The Hall–Kier alpha value is -2.22. The normalized spacial score (nSPS) is 21.6. The van der Waals surface area contributed by atoms with Crippen LogP contribution in [0.2, 0.25) is 0 Å². The third kappa shape index (κ3) is 8.03. The first-order valence-corrected chi connectivity index (χ1v) is 16.9. The fourth-order valence-electron chi connectivity index (χ4n) is 5.81. The van der Waals surface area contributed by atoms with Crippen molar-refractivity contribution in [3.63, 3.8) is 0 Å². The number of benzene rings is 1. The topological polar surface area (TPSA) is 120 Å². The molecular weight excluding hydrogens is 555 g/mol. The summed E-state index contributed by atoms with van der Waals surface area (Å²) < 4.78 is 37.6. The predicted octanol–water partition coefficient (Wildman–Crippen LogP) is 4.58. The number of allylic oxidation sites excluding steroid dienone is 1. The molecule has 1 heterocycles. The maximum absolute atomic E-state index is 14.3. The molecule has 0 fully saturated rings.